The van der Waals surface area contributed by atoms with E-state index in [1.54, 1.807) is 18.9 Å². The summed E-state index contributed by atoms with van der Waals surface area (Å²) in [6.07, 6.45) is 1.26. The van der Waals surface area contributed by atoms with Crippen molar-refractivity contribution < 1.29 is 43.0 Å². The van der Waals surface area contributed by atoms with Gasteiger partial charge in [0.05, 0.1) is 55.8 Å². The highest BCUT2D eigenvalue weighted by Crippen LogP contribution is 2.28. The van der Waals surface area contributed by atoms with Gasteiger partial charge in [0.2, 0.25) is 29.5 Å². The van der Waals surface area contributed by atoms with E-state index in [1.807, 2.05) is 58.0 Å². The molecule has 2 rings (SSSR count). The minimum absolute atomic E-state index is 0.0232. The molecule has 0 saturated carbocycles. The molecule has 5 amide bonds. The van der Waals surface area contributed by atoms with Crippen molar-refractivity contribution in [2.45, 2.75) is 122 Å². The maximum absolute atomic E-state index is 14.0. The van der Waals surface area contributed by atoms with Crippen molar-refractivity contribution in [2.24, 2.45) is 23.5 Å². The Bertz CT molecular complexity index is 1430. The molecule has 0 spiro atoms. The highest BCUT2D eigenvalue weighted by atomic mass is 16.5. The van der Waals surface area contributed by atoms with Gasteiger partial charge >= 0.3 is 5.97 Å². The molecule has 0 bridgehead atoms. The number of ether oxygens (including phenoxy) is 3. The predicted molar refractivity (Wildman–Crippen MR) is 217 cm³/mol. The van der Waals surface area contributed by atoms with E-state index < -0.39 is 66.1 Å². The Hall–Kier alpha value is -4.12. The number of rotatable bonds is 25. The second kappa shape index (κ2) is 25.3. The number of nitrogens with two attached hydrogens (primary N) is 1. The summed E-state index contributed by atoms with van der Waals surface area (Å²) in [5.74, 6) is -2.94. The van der Waals surface area contributed by atoms with E-state index in [1.165, 1.54) is 21.1 Å². The van der Waals surface area contributed by atoms with E-state index in [-0.39, 0.29) is 62.1 Å². The van der Waals surface area contributed by atoms with Crippen LogP contribution in [0.4, 0.5) is 0 Å². The molecule has 1 aliphatic rings. The second-order valence-corrected chi connectivity index (χ2v) is 15.3. The third-order valence-electron chi connectivity index (χ3n) is 10.7. The van der Waals surface area contributed by atoms with Crippen LogP contribution in [0.15, 0.2) is 30.3 Å². The molecule has 1 aliphatic heterocycles. The summed E-state index contributed by atoms with van der Waals surface area (Å²) in [5, 5.41) is 14.4. The van der Waals surface area contributed by atoms with Crippen molar-refractivity contribution >= 4 is 35.5 Å². The van der Waals surface area contributed by atoms with Crippen LogP contribution in [0.1, 0.15) is 79.2 Å². The van der Waals surface area contributed by atoms with Gasteiger partial charge in [-0.1, -0.05) is 71.4 Å². The number of likely N-dealkylation sites (N-methyl/N-ethyl adjacent to an activating group) is 1. The zero-order chi connectivity index (χ0) is 42.7. The van der Waals surface area contributed by atoms with Crippen LogP contribution in [-0.4, -0.2) is 130 Å². The maximum Gasteiger partial charge on any atom is 0.322 e. The van der Waals surface area contributed by atoms with Crippen LogP contribution in [0.5, 0.6) is 0 Å². The largest absolute Gasteiger partial charge is 0.464 e. The number of carbonyl (C=O) groups is 6. The molecular formula is C41H69N7O9. The molecular weight excluding hydrogens is 734 g/mol. The van der Waals surface area contributed by atoms with Crippen LogP contribution in [0, 0.1) is 17.8 Å². The van der Waals surface area contributed by atoms with Crippen LogP contribution in [0.2, 0.25) is 0 Å². The number of carbonyl (C=O) groups excluding carboxylic acids is 6. The average Bonchev–Trinajstić information content (AvgIpc) is 3.67. The van der Waals surface area contributed by atoms with E-state index in [0.717, 1.165) is 5.56 Å². The average molecular weight is 804 g/mol. The van der Waals surface area contributed by atoms with Crippen molar-refractivity contribution in [1.29, 1.82) is 0 Å². The summed E-state index contributed by atoms with van der Waals surface area (Å²) >= 11 is 0. The lowest BCUT2D eigenvalue weighted by Crippen LogP contribution is -2.55. The van der Waals surface area contributed by atoms with Gasteiger partial charge in [0.25, 0.3) is 0 Å². The molecule has 1 aromatic rings. The van der Waals surface area contributed by atoms with E-state index in [9.17, 15) is 28.8 Å². The molecule has 0 aromatic heterocycles. The van der Waals surface area contributed by atoms with Crippen molar-refractivity contribution in [2.75, 3.05) is 47.5 Å². The van der Waals surface area contributed by atoms with Crippen LogP contribution in [0.3, 0.4) is 0 Å². The lowest BCUT2D eigenvalue weighted by molar-refractivity contribution is -0.144. The zero-order valence-electron chi connectivity index (χ0n) is 35.4. The van der Waals surface area contributed by atoms with Crippen LogP contribution in [-0.2, 0) is 49.4 Å². The summed E-state index contributed by atoms with van der Waals surface area (Å²) < 4.78 is 16.9. The third-order valence-corrected chi connectivity index (χ3v) is 10.7. The molecule has 1 heterocycles. The first-order valence-corrected chi connectivity index (χ1v) is 20.2. The maximum atomic E-state index is 14.0. The molecule has 16 nitrogen and oxygen atoms in total. The fraction of sp³-hybridized carbons (Fsp3) is 0.707. The smallest absolute Gasteiger partial charge is 0.322 e. The molecule has 57 heavy (non-hydrogen) atoms. The van der Waals surface area contributed by atoms with Gasteiger partial charge in [-0.3, -0.25) is 28.8 Å². The number of nitrogens with zero attached hydrogens (tertiary/aromatic N) is 1. The van der Waals surface area contributed by atoms with Crippen molar-refractivity contribution in [1.82, 2.24) is 31.5 Å². The van der Waals surface area contributed by atoms with Gasteiger partial charge in [-0.2, -0.15) is 0 Å². The number of benzene rings is 1. The molecule has 9 unspecified atom stereocenters. The molecule has 7 N–H and O–H groups in total. The SMILES string of the molecule is CCC(C)C(NC(=O)CNC(=O)C(NC)C(C)C)C(CC(=O)N1CCCC1C(OC)C(C)C(=O)NC(Cc1ccccc1)C(=O)NCCCOC(=O)C(C)N)OC. The highest BCUT2D eigenvalue weighted by Gasteiger charge is 2.42. The quantitative estimate of drug-likeness (QED) is 0.0606. The number of amides is 5. The van der Waals surface area contributed by atoms with E-state index >= 15 is 0 Å². The van der Waals surface area contributed by atoms with Gasteiger partial charge in [-0.05, 0) is 50.6 Å². The Kier molecular flexibility index (Phi) is 21.7. The highest BCUT2D eigenvalue weighted by molar-refractivity contribution is 5.89. The van der Waals surface area contributed by atoms with E-state index in [0.29, 0.717) is 32.2 Å². The normalized spacial score (nSPS) is 18.3. The second-order valence-electron chi connectivity index (χ2n) is 15.3. The number of hydrogen-bond donors (Lipinski definition) is 6. The number of hydrogen-bond acceptors (Lipinski definition) is 11. The minimum atomic E-state index is -0.906. The Morgan fingerprint density at radius 3 is 2.18 bits per heavy atom. The van der Waals surface area contributed by atoms with Gasteiger partial charge in [-0.25, -0.2) is 0 Å². The molecule has 16 heteroatoms. The summed E-state index contributed by atoms with van der Waals surface area (Å²) in [4.78, 5) is 80.4. The molecule has 1 aromatic carbocycles. The standard InChI is InChI=1S/C41H69N7O9/c1-10-26(4)36(47-33(49)24-45-40(53)35(43-7)25(2)3)32(55-8)23-34(50)48-20-14-18-31(48)37(56-9)27(5)38(51)46-30(22-29-16-12-11-13-17-29)39(52)44-19-15-21-57-41(54)28(6)42/h11-13,16-17,25-28,30-32,35-37,43H,10,14-15,18-24,42H2,1-9H3,(H,44,52)(H,45,53)(H,46,51)(H,47,49). The molecule has 0 radical (unpaired) electrons. The molecule has 9 atom stereocenters. The Balaban J connectivity index is 2.14. The lowest BCUT2D eigenvalue weighted by Gasteiger charge is -2.36. The van der Waals surface area contributed by atoms with E-state index in [2.05, 4.69) is 26.6 Å². The molecule has 1 saturated heterocycles. The van der Waals surface area contributed by atoms with Crippen LogP contribution in [0.25, 0.3) is 0 Å². The monoisotopic (exact) mass is 804 g/mol. The first kappa shape index (κ1) is 49.0. The Labute approximate surface area is 338 Å². The summed E-state index contributed by atoms with van der Waals surface area (Å²) in [7, 11) is 4.71. The van der Waals surface area contributed by atoms with Crippen molar-refractivity contribution in [3.05, 3.63) is 35.9 Å². The first-order chi connectivity index (χ1) is 27.1. The molecule has 1 fully saturated rings. The first-order valence-electron chi connectivity index (χ1n) is 20.2. The number of likely N-dealkylation sites (tertiary alicyclic amines) is 1. The van der Waals surface area contributed by atoms with Gasteiger partial charge in [0.15, 0.2) is 0 Å². The van der Waals surface area contributed by atoms with E-state index in [4.69, 9.17) is 19.9 Å². The number of esters is 1. The van der Waals surface area contributed by atoms with Crippen molar-refractivity contribution in [3.8, 4) is 0 Å². The van der Waals surface area contributed by atoms with Crippen LogP contribution >= 0.6 is 0 Å². The summed E-state index contributed by atoms with van der Waals surface area (Å²) in [6.45, 7) is 11.6. The predicted octanol–water partition coefficient (Wildman–Crippen LogP) is 1.05. The third kappa shape index (κ3) is 15.6. The van der Waals surface area contributed by atoms with Gasteiger partial charge in [-0.15, -0.1) is 0 Å². The fourth-order valence-electron chi connectivity index (χ4n) is 7.14. The van der Waals surface area contributed by atoms with Crippen molar-refractivity contribution in [3.63, 3.8) is 0 Å². The fourth-order valence-corrected chi connectivity index (χ4v) is 7.14. The number of nitrogens with one attached hydrogen (secondary N) is 5. The summed E-state index contributed by atoms with van der Waals surface area (Å²) in [6, 6.07) is 6.30. The summed E-state index contributed by atoms with van der Waals surface area (Å²) in [5.41, 5.74) is 6.38. The lowest BCUT2D eigenvalue weighted by atomic mass is 9.91. The number of methoxy groups -OCH3 is 2. The Morgan fingerprint density at radius 2 is 1.60 bits per heavy atom. The topological polar surface area (TPSA) is 220 Å². The minimum Gasteiger partial charge on any atom is -0.464 e. The molecule has 322 valence electrons. The molecule has 0 aliphatic carbocycles. The van der Waals surface area contributed by atoms with Crippen LogP contribution < -0.4 is 32.3 Å². The van der Waals surface area contributed by atoms with Gasteiger partial charge in [0.1, 0.15) is 12.1 Å². The van der Waals surface area contributed by atoms with Gasteiger partial charge < -0.3 is 51.4 Å². The van der Waals surface area contributed by atoms with Gasteiger partial charge in [0, 0.05) is 33.7 Å². The zero-order valence-corrected chi connectivity index (χ0v) is 35.4. The Morgan fingerprint density at radius 1 is 0.912 bits per heavy atom.